The monoisotopic (exact) mass is 470 g/mol. The van der Waals surface area contributed by atoms with Crippen LogP contribution in [-0.2, 0) is 11.2 Å². The van der Waals surface area contributed by atoms with Crippen LogP contribution in [0, 0.1) is 5.41 Å². The number of carbonyl (C=O) groups excluding carboxylic acids is 1. The largest absolute Gasteiger partial charge is 0.356 e. The third-order valence-corrected chi connectivity index (χ3v) is 5.42. The Morgan fingerprint density at radius 1 is 1.31 bits per heavy atom. The van der Waals surface area contributed by atoms with E-state index in [0.29, 0.717) is 17.9 Å². The van der Waals surface area contributed by atoms with Crippen molar-refractivity contribution >= 4 is 35.8 Å². The van der Waals surface area contributed by atoms with E-state index in [1.165, 1.54) is 18.4 Å². The number of carbonyl (C=O) groups is 1. The van der Waals surface area contributed by atoms with Crippen LogP contribution in [0.25, 0.3) is 0 Å². The Hall–Kier alpha value is -1.31. The summed E-state index contributed by atoms with van der Waals surface area (Å²) in [4.78, 5) is 18.1. The molecule has 1 aliphatic carbocycles. The molecule has 1 amide bonds. The van der Waals surface area contributed by atoms with E-state index >= 15 is 0 Å². The van der Waals surface area contributed by atoms with Crippen LogP contribution in [0.2, 0.25) is 0 Å². The zero-order valence-electron chi connectivity index (χ0n) is 15.8. The molecule has 26 heavy (non-hydrogen) atoms. The molecule has 5 nitrogen and oxygen atoms in total. The number of guanidine groups is 1. The van der Waals surface area contributed by atoms with Crippen LogP contribution in [0.4, 0.5) is 0 Å². The maximum Gasteiger partial charge on any atom is 0.222 e. The van der Waals surface area contributed by atoms with Gasteiger partial charge in [0.15, 0.2) is 5.96 Å². The Morgan fingerprint density at radius 2 is 2.04 bits per heavy atom. The summed E-state index contributed by atoms with van der Waals surface area (Å²) in [6.07, 6.45) is 5.24. The molecule has 1 unspecified atom stereocenters. The van der Waals surface area contributed by atoms with E-state index in [2.05, 4.69) is 46.0 Å². The molecule has 144 valence electrons. The lowest BCUT2D eigenvalue weighted by molar-refractivity contribution is -0.129. The fourth-order valence-corrected chi connectivity index (χ4v) is 3.61. The standard InChI is InChI=1S/C20H30N4O.HI/c1-3-18(25)24-12-9-17(14-24)23-19(21-2)22-15-20(10-11-20)13-16-7-5-4-6-8-16;/h4-8,17H,3,9-15H2,1-2H3,(H2,21,22,23);1H. The van der Waals surface area contributed by atoms with Gasteiger partial charge in [-0.15, -0.1) is 24.0 Å². The number of halogens is 1. The van der Waals surface area contributed by atoms with Crippen LogP contribution < -0.4 is 10.6 Å². The molecule has 2 aliphatic rings. The fourth-order valence-electron chi connectivity index (χ4n) is 3.61. The first-order valence-corrected chi connectivity index (χ1v) is 9.43. The van der Waals surface area contributed by atoms with Crippen LogP contribution in [0.5, 0.6) is 0 Å². The Bertz CT molecular complexity index is 615. The molecule has 1 aliphatic heterocycles. The van der Waals surface area contributed by atoms with Crippen LogP contribution in [0.3, 0.4) is 0 Å². The van der Waals surface area contributed by atoms with E-state index in [1.54, 1.807) is 0 Å². The molecule has 1 aromatic rings. The Kier molecular flexibility index (Phi) is 7.73. The van der Waals surface area contributed by atoms with Crippen molar-refractivity contribution in [2.45, 2.75) is 45.1 Å². The maximum atomic E-state index is 11.8. The van der Waals surface area contributed by atoms with Crippen LogP contribution >= 0.6 is 24.0 Å². The van der Waals surface area contributed by atoms with Crippen molar-refractivity contribution in [2.75, 3.05) is 26.7 Å². The zero-order chi connectivity index (χ0) is 17.7. The molecule has 1 saturated heterocycles. The number of likely N-dealkylation sites (tertiary alicyclic amines) is 1. The summed E-state index contributed by atoms with van der Waals surface area (Å²) in [6.45, 7) is 4.50. The number of nitrogens with one attached hydrogen (secondary N) is 2. The smallest absolute Gasteiger partial charge is 0.222 e. The van der Waals surface area contributed by atoms with Gasteiger partial charge in [-0.2, -0.15) is 0 Å². The maximum absolute atomic E-state index is 11.8. The van der Waals surface area contributed by atoms with Crippen molar-refractivity contribution in [2.24, 2.45) is 10.4 Å². The van der Waals surface area contributed by atoms with Gasteiger partial charge in [0, 0.05) is 39.1 Å². The van der Waals surface area contributed by atoms with Gasteiger partial charge < -0.3 is 15.5 Å². The SMILES string of the molecule is CCC(=O)N1CCC(NC(=NC)NCC2(Cc3ccccc3)CC2)C1.I. The van der Waals surface area contributed by atoms with Crippen molar-refractivity contribution in [1.29, 1.82) is 0 Å². The highest BCUT2D eigenvalue weighted by Gasteiger charge is 2.42. The molecular formula is C20H31IN4O. The first-order chi connectivity index (χ1) is 12.1. The molecule has 2 fully saturated rings. The van der Waals surface area contributed by atoms with Crippen molar-refractivity contribution in [1.82, 2.24) is 15.5 Å². The summed E-state index contributed by atoms with van der Waals surface area (Å²) in [5.74, 6) is 1.10. The van der Waals surface area contributed by atoms with Crippen LogP contribution in [0.15, 0.2) is 35.3 Å². The number of nitrogens with zero attached hydrogens (tertiary/aromatic N) is 2. The Morgan fingerprint density at radius 3 is 2.65 bits per heavy atom. The minimum Gasteiger partial charge on any atom is -0.356 e. The molecule has 6 heteroatoms. The lowest BCUT2D eigenvalue weighted by Crippen LogP contribution is -2.46. The van der Waals surface area contributed by atoms with Crippen molar-refractivity contribution in [3.63, 3.8) is 0 Å². The van der Waals surface area contributed by atoms with E-state index < -0.39 is 0 Å². The molecule has 1 aromatic carbocycles. The first kappa shape index (κ1) is 21.0. The molecule has 0 aromatic heterocycles. The van der Waals surface area contributed by atoms with E-state index in [-0.39, 0.29) is 29.9 Å². The minimum absolute atomic E-state index is 0. The van der Waals surface area contributed by atoms with Crippen LogP contribution in [0.1, 0.15) is 38.2 Å². The lowest BCUT2D eigenvalue weighted by atomic mass is 9.96. The number of amides is 1. The highest BCUT2D eigenvalue weighted by Crippen LogP contribution is 2.47. The van der Waals surface area contributed by atoms with Gasteiger partial charge >= 0.3 is 0 Å². The third-order valence-electron chi connectivity index (χ3n) is 5.42. The van der Waals surface area contributed by atoms with Gasteiger partial charge in [0.05, 0.1) is 0 Å². The first-order valence-electron chi connectivity index (χ1n) is 9.43. The van der Waals surface area contributed by atoms with E-state index in [0.717, 1.165) is 38.4 Å². The van der Waals surface area contributed by atoms with Gasteiger partial charge in [-0.3, -0.25) is 9.79 Å². The van der Waals surface area contributed by atoms with Gasteiger partial charge in [-0.05, 0) is 36.7 Å². The van der Waals surface area contributed by atoms with Gasteiger partial charge in [0.25, 0.3) is 0 Å². The lowest BCUT2D eigenvalue weighted by Gasteiger charge is -2.21. The molecule has 3 rings (SSSR count). The van der Waals surface area contributed by atoms with E-state index in [1.807, 2.05) is 18.9 Å². The average molecular weight is 470 g/mol. The number of hydrogen-bond donors (Lipinski definition) is 2. The third kappa shape index (κ3) is 5.59. The Labute approximate surface area is 174 Å². The zero-order valence-corrected chi connectivity index (χ0v) is 18.2. The predicted octanol–water partition coefficient (Wildman–Crippen LogP) is 2.80. The highest BCUT2D eigenvalue weighted by atomic mass is 127. The van der Waals surface area contributed by atoms with E-state index in [9.17, 15) is 4.79 Å². The quantitative estimate of drug-likeness (QED) is 0.382. The molecule has 0 spiro atoms. The Balaban J connectivity index is 0.00000243. The summed E-state index contributed by atoms with van der Waals surface area (Å²) in [5.41, 5.74) is 1.79. The molecule has 0 radical (unpaired) electrons. The van der Waals surface area contributed by atoms with Gasteiger partial charge in [0.1, 0.15) is 0 Å². The highest BCUT2D eigenvalue weighted by molar-refractivity contribution is 14.0. The second-order valence-electron chi connectivity index (χ2n) is 7.41. The van der Waals surface area contributed by atoms with Gasteiger partial charge in [-0.25, -0.2) is 0 Å². The molecule has 1 saturated carbocycles. The van der Waals surface area contributed by atoms with Crippen molar-refractivity contribution < 1.29 is 4.79 Å². The molecular weight excluding hydrogens is 439 g/mol. The average Bonchev–Trinajstić information content (AvgIpc) is 3.24. The number of rotatable bonds is 6. The molecule has 1 heterocycles. The normalized spacial score (nSPS) is 21.1. The minimum atomic E-state index is 0. The summed E-state index contributed by atoms with van der Waals surface area (Å²) >= 11 is 0. The molecule has 0 bridgehead atoms. The molecule has 1 atom stereocenters. The molecule has 2 N–H and O–H groups in total. The number of benzene rings is 1. The van der Waals surface area contributed by atoms with Gasteiger partial charge in [-0.1, -0.05) is 37.3 Å². The fraction of sp³-hybridized carbons (Fsp3) is 0.600. The topological polar surface area (TPSA) is 56.7 Å². The second-order valence-corrected chi connectivity index (χ2v) is 7.41. The summed E-state index contributed by atoms with van der Waals surface area (Å²) in [7, 11) is 1.82. The van der Waals surface area contributed by atoms with E-state index in [4.69, 9.17) is 0 Å². The second kappa shape index (κ2) is 9.58. The van der Waals surface area contributed by atoms with Crippen molar-refractivity contribution in [3.8, 4) is 0 Å². The summed E-state index contributed by atoms with van der Waals surface area (Å²) in [6, 6.07) is 11.0. The predicted molar refractivity (Wildman–Crippen MR) is 117 cm³/mol. The van der Waals surface area contributed by atoms with Crippen LogP contribution in [-0.4, -0.2) is 49.5 Å². The van der Waals surface area contributed by atoms with Gasteiger partial charge in [0.2, 0.25) is 5.91 Å². The summed E-state index contributed by atoms with van der Waals surface area (Å²) < 4.78 is 0. The summed E-state index contributed by atoms with van der Waals surface area (Å²) in [5, 5.41) is 7.00. The number of hydrogen-bond acceptors (Lipinski definition) is 2. The number of aliphatic imine (C=N–C) groups is 1. The van der Waals surface area contributed by atoms with Crippen molar-refractivity contribution in [3.05, 3.63) is 35.9 Å².